The van der Waals surface area contributed by atoms with Crippen LogP contribution in [0, 0.1) is 12.3 Å². The predicted molar refractivity (Wildman–Crippen MR) is 41.5 cm³/mol. The highest BCUT2D eigenvalue weighted by Crippen LogP contribution is 2.37. The fraction of sp³-hybridized carbons (Fsp3) is 0.889. The van der Waals surface area contributed by atoms with Gasteiger partial charge in [0.25, 0.3) is 0 Å². The summed E-state index contributed by atoms with van der Waals surface area (Å²) in [7, 11) is 0. The maximum atomic E-state index is 12.8. The van der Waals surface area contributed by atoms with Crippen LogP contribution in [-0.4, -0.2) is 5.92 Å². The van der Waals surface area contributed by atoms with E-state index in [1.165, 1.54) is 0 Å². The summed E-state index contributed by atoms with van der Waals surface area (Å²) in [5.41, 5.74) is 0. The third-order valence-electron chi connectivity index (χ3n) is 2.25. The minimum absolute atomic E-state index is 0.0842. The Hall–Kier alpha value is -0.140. The van der Waals surface area contributed by atoms with Crippen LogP contribution >= 0.6 is 0 Å². The molecule has 0 heterocycles. The van der Waals surface area contributed by atoms with Crippen molar-refractivity contribution in [3.05, 3.63) is 6.42 Å². The Morgan fingerprint density at radius 1 is 1.55 bits per heavy atom. The van der Waals surface area contributed by atoms with Gasteiger partial charge in [0.15, 0.2) is 0 Å². The lowest BCUT2D eigenvalue weighted by Crippen LogP contribution is -2.26. The Balaban J connectivity index is 2.34. The molecular formula is C9H15F2. The number of rotatable bonds is 2. The zero-order valence-corrected chi connectivity index (χ0v) is 6.95. The lowest BCUT2D eigenvalue weighted by molar-refractivity contribution is -0.0477. The average molecular weight is 161 g/mol. The van der Waals surface area contributed by atoms with Gasteiger partial charge in [-0.2, -0.15) is 0 Å². The summed E-state index contributed by atoms with van der Waals surface area (Å²) in [6.07, 6.45) is 4.77. The Morgan fingerprint density at radius 2 is 2.27 bits per heavy atom. The van der Waals surface area contributed by atoms with Gasteiger partial charge < -0.3 is 0 Å². The van der Waals surface area contributed by atoms with Crippen LogP contribution in [0.3, 0.4) is 0 Å². The zero-order chi connectivity index (χ0) is 8.32. The first-order chi connectivity index (χ1) is 5.14. The van der Waals surface area contributed by atoms with Crippen molar-refractivity contribution in [3.8, 4) is 0 Å². The third kappa shape index (κ3) is 2.76. The molecule has 1 fully saturated rings. The molecule has 0 amide bonds. The number of halogens is 2. The standard InChI is InChI=1S/C9H15F2/c1-2-4-8-5-3-6-9(10,11)7-8/h4,8H,2-3,5-7H2,1H3. The normalized spacial score (nSPS) is 30.3. The van der Waals surface area contributed by atoms with Crippen molar-refractivity contribution in [2.45, 2.75) is 45.0 Å². The molecule has 1 unspecified atom stereocenters. The molecule has 0 aromatic heterocycles. The highest BCUT2D eigenvalue weighted by molar-refractivity contribution is 4.85. The molecule has 65 valence electrons. The molecule has 0 aromatic carbocycles. The number of alkyl halides is 2. The van der Waals surface area contributed by atoms with Crippen molar-refractivity contribution in [2.24, 2.45) is 5.92 Å². The van der Waals surface area contributed by atoms with Crippen molar-refractivity contribution in [2.75, 3.05) is 0 Å². The van der Waals surface area contributed by atoms with Gasteiger partial charge in [0, 0.05) is 12.8 Å². The molecule has 0 nitrogen and oxygen atoms in total. The van der Waals surface area contributed by atoms with Crippen LogP contribution in [0.15, 0.2) is 0 Å². The van der Waals surface area contributed by atoms with Gasteiger partial charge in [0.1, 0.15) is 0 Å². The predicted octanol–water partition coefficient (Wildman–Crippen LogP) is 3.43. The van der Waals surface area contributed by atoms with Gasteiger partial charge in [-0.15, -0.1) is 0 Å². The van der Waals surface area contributed by atoms with E-state index in [1.807, 2.05) is 13.3 Å². The topological polar surface area (TPSA) is 0 Å². The second kappa shape index (κ2) is 3.51. The molecule has 0 saturated heterocycles. The van der Waals surface area contributed by atoms with E-state index in [9.17, 15) is 8.78 Å². The van der Waals surface area contributed by atoms with Crippen LogP contribution in [0.25, 0.3) is 0 Å². The van der Waals surface area contributed by atoms with Crippen molar-refractivity contribution in [1.82, 2.24) is 0 Å². The van der Waals surface area contributed by atoms with E-state index < -0.39 is 5.92 Å². The maximum Gasteiger partial charge on any atom is 0.248 e. The minimum Gasteiger partial charge on any atom is -0.207 e. The molecule has 1 atom stereocenters. The lowest BCUT2D eigenvalue weighted by Gasteiger charge is -2.28. The summed E-state index contributed by atoms with van der Waals surface area (Å²) in [6, 6.07) is 0. The van der Waals surface area contributed by atoms with E-state index in [0.717, 1.165) is 12.8 Å². The summed E-state index contributed by atoms with van der Waals surface area (Å²) in [5.74, 6) is -2.21. The van der Waals surface area contributed by atoms with Crippen LogP contribution < -0.4 is 0 Å². The second-order valence-corrected chi connectivity index (χ2v) is 3.36. The number of hydrogen-bond acceptors (Lipinski definition) is 0. The fourth-order valence-electron chi connectivity index (χ4n) is 1.75. The molecule has 11 heavy (non-hydrogen) atoms. The van der Waals surface area contributed by atoms with Crippen LogP contribution in [0.1, 0.15) is 39.0 Å². The maximum absolute atomic E-state index is 12.8. The summed E-state index contributed by atoms with van der Waals surface area (Å²) in [6.45, 7) is 2.01. The molecule has 1 saturated carbocycles. The number of hydrogen-bond donors (Lipinski definition) is 0. The van der Waals surface area contributed by atoms with Gasteiger partial charge in [-0.3, -0.25) is 0 Å². The molecule has 0 spiro atoms. The monoisotopic (exact) mass is 161 g/mol. The molecule has 1 rings (SSSR count). The van der Waals surface area contributed by atoms with Crippen LogP contribution in [-0.2, 0) is 0 Å². The molecular weight excluding hydrogens is 146 g/mol. The lowest BCUT2D eigenvalue weighted by atomic mass is 9.84. The Morgan fingerprint density at radius 3 is 2.82 bits per heavy atom. The first-order valence-corrected chi connectivity index (χ1v) is 4.35. The highest BCUT2D eigenvalue weighted by Gasteiger charge is 2.35. The minimum atomic E-state index is -2.38. The van der Waals surface area contributed by atoms with Gasteiger partial charge in [0.05, 0.1) is 0 Å². The van der Waals surface area contributed by atoms with Crippen LogP contribution in [0.2, 0.25) is 0 Å². The van der Waals surface area contributed by atoms with E-state index in [2.05, 4.69) is 0 Å². The summed E-state index contributed by atoms with van der Waals surface area (Å²) in [5, 5.41) is 0. The van der Waals surface area contributed by atoms with E-state index in [1.54, 1.807) is 0 Å². The van der Waals surface area contributed by atoms with Gasteiger partial charge in [-0.1, -0.05) is 13.3 Å². The summed E-state index contributed by atoms with van der Waals surface area (Å²) >= 11 is 0. The van der Waals surface area contributed by atoms with Crippen LogP contribution in [0.5, 0.6) is 0 Å². The first kappa shape index (κ1) is 8.95. The van der Waals surface area contributed by atoms with Gasteiger partial charge in [-0.25, -0.2) is 8.78 Å². The molecule has 0 aromatic rings. The molecule has 0 aliphatic heterocycles. The molecule has 1 aliphatic rings. The van der Waals surface area contributed by atoms with E-state index >= 15 is 0 Å². The van der Waals surface area contributed by atoms with E-state index in [4.69, 9.17) is 0 Å². The Labute approximate surface area is 67.0 Å². The van der Waals surface area contributed by atoms with E-state index in [0.29, 0.717) is 6.42 Å². The summed E-state index contributed by atoms with van der Waals surface area (Å²) < 4.78 is 25.5. The SMILES string of the molecule is CC[CH]C1CCCC(F)(F)C1. The Kier molecular flexibility index (Phi) is 2.85. The van der Waals surface area contributed by atoms with E-state index in [-0.39, 0.29) is 18.8 Å². The second-order valence-electron chi connectivity index (χ2n) is 3.36. The Bertz CT molecular complexity index is 119. The first-order valence-electron chi connectivity index (χ1n) is 4.35. The van der Waals surface area contributed by atoms with Gasteiger partial charge in [-0.05, 0) is 25.2 Å². The fourth-order valence-corrected chi connectivity index (χ4v) is 1.75. The molecule has 1 aliphatic carbocycles. The molecule has 0 N–H and O–H groups in total. The van der Waals surface area contributed by atoms with Gasteiger partial charge >= 0.3 is 0 Å². The largest absolute Gasteiger partial charge is 0.248 e. The smallest absolute Gasteiger partial charge is 0.207 e. The van der Waals surface area contributed by atoms with Crippen LogP contribution in [0.4, 0.5) is 8.78 Å². The quantitative estimate of drug-likeness (QED) is 0.582. The highest BCUT2D eigenvalue weighted by atomic mass is 19.3. The zero-order valence-electron chi connectivity index (χ0n) is 6.95. The average Bonchev–Trinajstić information content (AvgIpc) is 1.85. The molecule has 2 heteroatoms. The third-order valence-corrected chi connectivity index (χ3v) is 2.25. The molecule has 1 radical (unpaired) electrons. The van der Waals surface area contributed by atoms with Crippen molar-refractivity contribution >= 4 is 0 Å². The van der Waals surface area contributed by atoms with Crippen molar-refractivity contribution in [3.63, 3.8) is 0 Å². The molecule has 0 bridgehead atoms. The summed E-state index contributed by atoms with van der Waals surface area (Å²) in [4.78, 5) is 0. The van der Waals surface area contributed by atoms with Crippen molar-refractivity contribution in [1.29, 1.82) is 0 Å². The van der Waals surface area contributed by atoms with Crippen molar-refractivity contribution < 1.29 is 8.78 Å². The van der Waals surface area contributed by atoms with Gasteiger partial charge in [0.2, 0.25) is 5.92 Å².